The van der Waals surface area contributed by atoms with Crippen molar-refractivity contribution in [3.63, 3.8) is 0 Å². The smallest absolute Gasteiger partial charge is 0.306 e. The van der Waals surface area contributed by atoms with Crippen LogP contribution < -0.4 is 9.84 Å². The summed E-state index contributed by atoms with van der Waals surface area (Å²) in [7, 11) is 0. The van der Waals surface area contributed by atoms with E-state index in [0.29, 0.717) is 5.75 Å². The summed E-state index contributed by atoms with van der Waals surface area (Å²) >= 11 is 0. The molecule has 0 spiro atoms. The third-order valence-electron chi connectivity index (χ3n) is 1.89. The highest BCUT2D eigenvalue weighted by Gasteiger charge is 2.02. The summed E-state index contributed by atoms with van der Waals surface area (Å²) in [4.78, 5) is 21.1. The van der Waals surface area contributed by atoms with Crippen molar-refractivity contribution < 1.29 is 24.2 Å². The molecule has 0 aliphatic rings. The Morgan fingerprint density at radius 1 is 1.06 bits per heavy atom. The van der Waals surface area contributed by atoms with Crippen molar-refractivity contribution in [2.24, 2.45) is 0 Å². The first-order valence-corrected chi connectivity index (χ1v) is 5.22. The second-order valence-corrected chi connectivity index (χ2v) is 3.25. The second kappa shape index (κ2) is 7.27. The van der Waals surface area contributed by atoms with Crippen LogP contribution in [0.5, 0.6) is 5.75 Å². The summed E-state index contributed by atoms with van der Waals surface area (Å²) in [6.45, 7) is 0.335. The van der Waals surface area contributed by atoms with E-state index in [9.17, 15) is 14.7 Å². The number of carbonyl (C=O) groups excluding carboxylic acids is 2. The topological polar surface area (TPSA) is 75.7 Å². The summed E-state index contributed by atoms with van der Waals surface area (Å²) < 4.78 is 10.0. The summed E-state index contributed by atoms with van der Waals surface area (Å²) in [5.41, 5.74) is 0. The molecule has 5 heteroatoms. The third-order valence-corrected chi connectivity index (χ3v) is 1.89. The maximum Gasteiger partial charge on any atom is 0.306 e. The van der Waals surface area contributed by atoms with Gasteiger partial charge in [0.25, 0.3) is 0 Å². The average Bonchev–Trinajstić information content (AvgIpc) is 2.33. The molecule has 0 radical (unpaired) electrons. The predicted octanol–water partition coefficient (Wildman–Crippen LogP) is 0.139. The standard InChI is InChI=1S/C12H14O5/c13-11(14)6-7-12(15)17-9-8-16-10-4-2-1-3-5-10/h1-5H,6-9H2,(H,13,14)/p-1. The molecule has 0 aliphatic carbocycles. The molecule has 0 fully saturated rings. The molecule has 0 amide bonds. The largest absolute Gasteiger partial charge is 0.550 e. The quantitative estimate of drug-likeness (QED) is 0.498. The lowest BCUT2D eigenvalue weighted by Crippen LogP contribution is -2.23. The number of para-hydroxylation sites is 1. The van der Waals surface area contributed by atoms with E-state index in [4.69, 9.17) is 9.47 Å². The highest BCUT2D eigenvalue weighted by atomic mass is 16.6. The van der Waals surface area contributed by atoms with Crippen LogP contribution in [0.1, 0.15) is 12.8 Å². The third kappa shape index (κ3) is 6.19. The molecule has 1 aromatic rings. The minimum Gasteiger partial charge on any atom is -0.550 e. The molecule has 1 aromatic carbocycles. The Hall–Kier alpha value is -2.04. The van der Waals surface area contributed by atoms with Gasteiger partial charge in [-0.1, -0.05) is 18.2 Å². The van der Waals surface area contributed by atoms with Crippen LogP contribution in [-0.2, 0) is 14.3 Å². The highest BCUT2D eigenvalue weighted by Crippen LogP contribution is 2.07. The molecule has 1 rings (SSSR count). The normalized spacial score (nSPS) is 9.65. The number of carbonyl (C=O) groups is 2. The first kappa shape index (κ1) is 13.0. The van der Waals surface area contributed by atoms with Crippen LogP contribution in [-0.4, -0.2) is 25.2 Å². The van der Waals surface area contributed by atoms with Gasteiger partial charge in [-0.3, -0.25) is 4.79 Å². The van der Waals surface area contributed by atoms with Gasteiger partial charge in [0.15, 0.2) is 0 Å². The lowest BCUT2D eigenvalue weighted by atomic mass is 10.3. The van der Waals surface area contributed by atoms with Crippen molar-refractivity contribution >= 4 is 11.9 Å². The molecule has 0 N–H and O–H groups in total. The molecule has 0 saturated carbocycles. The van der Waals surface area contributed by atoms with E-state index in [2.05, 4.69) is 0 Å². The lowest BCUT2D eigenvalue weighted by molar-refractivity contribution is -0.305. The van der Waals surface area contributed by atoms with Crippen molar-refractivity contribution in [2.75, 3.05) is 13.2 Å². The van der Waals surface area contributed by atoms with E-state index in [0.717, 1.165) is 0 Å². The van der Waals surface area contributed by atoms with E-state index < -0.39 is 11.9 Å². The van der Waals surface area contributed by atoms with Crippen LogP contribution in [0.4, 0.5) is 0 Å². The number of hydrogen-bond donors (Lipinski definition) is 0. The van der Waals surface area contributed by atoms with Crippen LogP contribution in [0.15, 0.2) is 30.3 Å². The molecule has 0 aliphatic heterocycles. The minimum absolute atomic E-state index is 0.0980. The van der Waals surface area contributed by atoms with Crippen molar-refractivity contribution in [3.8, 4) is 5.75 Å². The fraction of sp³-hybridized carbons (Fsp3) is 0.333. The van der Waals surface area contributed by atoms with Crippen LogP contribution in [0.3, 0.4) is 0 Å². The van der Waals surface area contributed by atoms with Gasteiger partial charge in [-0.2, -0.15) is 0 Å². The number of carboxylic acids is 1. The number of hydrogen-bond acceptors (Lipinski definition) is 5. The second-order valence-electron chi connectivity index (χ2n) is 3.25. The van der Waals surface area contributed by atoms with Gasteiger partial charge in [0.05, 0.1) is 6.42 Å². The zero-order valence-corrected chi connectivity index (χ0v) is 9.26. The predicted molar refractivity (Wildman–Crippen MR) is 57.1 cm³/mol. The van der Waals surface area contributed by atoms with E-state index in [1.165, 1.54) is 0 Å². The summed E-state index contributed by atoms with van der Waals surface area (Å²) in [6, 6.07) is 9.12. The van der Waals surface area contributed by atoms with Gasteiger partial charge in [-0.05, 0) is 18.6 Å². The van der Waals surface area contributed by atoms with Gasteiger partial charge >= 0.3 is 5.97 Å². The molecule has 0 bridgehead atoms. The van der Waals surface area contributed by atoms with Crippen LogP contribution >= 0.6 is 0 Å². The summed E-state index contributed by atoms with van der Waals surface area (Å²) in [6.07, 6.45) is -0.494. The SMILES string of the molecule is O=C([O-])CCC(=O)OCCOc1ccccc1. The minimum atomic E-state index is -1.26. The number of carboxylic acid groups (broad SMARTS) is 1. The van der Waals surface area contributed by atoms with Crippen molar-refractivity contribution in [2.45, 2.75) is 12.8 Å². The average molecular weight is 237 g/mol. The molecule has 0 unspecified atom stereocenters. The first-order valence-electron chi connectivity index (χ1n) is 5.22. The molecule has 5 nitrogen and oxygen atoms in total. The Kier molecular flexibility index (Phi) is 5.57. The van der Waals surface area contributed by atoms with Crippen LogP contribution in [0.2, 0.25) is 0 Å². The van der Waals surface area contributed by atoms with E-state index >= 15 is 0 Å². The molecule has 17 heavy (non-hydrogen) atoms. The molecule has 0 aromatic heterocycles. The Bertz CT molecular complexity index is 360. The molecule has 0 saturated heterocycles. The van der Waals surface area contributed by atoms with E-state index in [-0.39, 0.29) is 26.1 Å². The maximum atomic E-state index is 11.0. The number of ether oxygens (including phenoxy) is 2. The number of esters is 1. The first-order chi connectivity index (χ1) is 8.18. The Morgan fingerprint density at radius 2 is 1.76 bits per heavy atom. The zero-order chi connectivity index (χ0) is 12.5. The fourth-order valence-corrected chi connectivity index (χ4v) is 1.11. The van der Waals surface area contributed by atoms with Crippen LogP contribution in [0.25, 0.3) is 0 Å². The van der Waals surface area contributed by atoms with Crippen molar-refractivity contribution in [1.29, 1.82) is 0 Å². The Morgan fingerprint density at radius 3 is 2.41 bits per heavy atom. The van der Waals surface area contributed by atoms with Gasteiger partial charge in [0.2, 0.25) is 0 Å². The Balaban J connectivity index is 2.08. The van der Waals surface area contributed by atoms with Gasteiger partial charge in [-0.15, -0.1) is 0 Å². The molecule has 0 atom stereocenters. The zero-order valence-electron chi connectivity index (χ0n) is 9.26. The van der Waals surface area contributed by atoms with Gasteiger partial charge in [-0.25, -0.2) is 0 Å². The molecular weight excluding hydrogens is 224 g/mol. The summed E-state index contributed by atoms with van der Waals surface area (Å²) in [5.74, 6) is -1.13. The van der Waals surface area contributed by atoms with Crippen molar-refractivity contribution in [3.05, 3.63) is 30.3 Å². The number of aliphatic carboxylic acids is 1. The van der Waals surface area contributed by atoms with E-state index in [1.807, 2.05) is 18.2 Å². The lowest BCUT2D eigenvalue weighted by Gasteiger charge is -2.07. The highest BCUT2D eigenvalue weighted by molar-refractivity contribution is 5.75. The van der Waals surface area contributed by atoms with Crippen molar-refractivity contribution in [1.82, 2.24) is 0 Å². The molecule has 92 valence electrons. The molecule has 0 heterocycles. The van der Waals surface area contributed by atoms with Gasteiger partial charge in [0.1, 0.15) is 19.0 Å². The fourth-order valence-electron chi connectivity index (χ4n) is 1.11. The maximum absolute atomic E-state index is 11.0. The number of benzene rings is 1. The van der Waals surface area contributed by atoms with E-state index in [1.54, 1.807) is 12.1 Å². The monoisotopic (exact) mass is 237 g/mol. The van der Waals surface area contributed by atoms with Gasteiger partial charge < -0.3 is 19.4 Å². The summed E-state index contributed by atoms with van der Waals surface area (Å²) in [5, 5.41) is 10.1. The Labute approximate surface area is 99.0 Å². The van der Waals surface area contributed by atoms with Gasteiger partial charge in [0, 0.05) is 5.97 Å². The van der Waals surface area contributed by atoms with Crippen LogP contribution in [0, 0.1) is 0 Å². The number of rotatable bonds is 7. The molecular formula is C12H13O5-.